The van der Waals surface area contributed by atoms with E-state index in [0.717, 1.165) is 18.6 Å². The maximum Gasteiger partial charge on any atom is 0.0955 e. The van der Waals surface area contributed by atoms with Gasteiger partial charge in [-0.3, -0.25) is 0 Å². The lowest BCUT2D eigenvalue weighted by molar-refractivity contribution is 0.383. The van der Waals surface area contributed by atoms with Crippen molar-refractivity contribution in [3.8, 4) is 0 Å². The molecular formula is C15H22N4. The average molecular weight is 258 g/mol. The Morgan fingerprint density at radius 3 is 3.21 bits per heavy atom. The summed E-state index contributed by atoms with van der Waals surface area (Å²) in [5, 5.41) is 7.11. The van der Waals surface area contributed by atoms with Crippen LogP contribution in [0.2, 0.25) is 0 Å². The second kappa shape index (κ2) is 5.72. The van der Waals surface area contributed by atoms with Crippen LogP contribution in [0.3, 0.4) is 0 Å². The highest BCUT2D eigenvalue weighted by molar-refractivity contribution is 5.75. The lowest BCUT2D eigenvalue weighted by atomic mass is 10.1. The molecule has 0 radical (unpaired) electrons. The van der Waals surface area contributed by atoms with Gasteiger partial charge in [-0.05, 0) is 37.1 Å². The number of hydrogen-bond acceptors (Lipinski definition) is 3. The van der Waals surface area contributed by atoms with Crippen LogP contribution in [-0.4, -0.2) is 28.7 Å². The Bertz CT molecular complexity index is 540. The van der Waals surface area contributed by atoms with Crippen LogP contribution in [0.25, 0.3) is 11.0 Å². The highest BCUT2D eigenvalue weighted by Gasteiger charge is 2.11. The second-order valence-corrected chi connectivity index (χ2v) is 5.46. The monoisotopic (exact) mass is 258 g/mol. The summed E-state index contributed by atoms with van der Waals surface area (Å²) in [6, 6.07) is 7.16. The molecular weight excluding hydrogens is 236 g/mol. The topological polar surface area (TPSA) is 41.9 Å². The van der Waals surface area contributed by atoms with Gasteiger partial charge in [0, 0.05) is 26.2 Å². The average Bonchev–Trinajstić information content (AvgIpc) is 2.81. The lowest BCUT2D eigenvalue weighted by Crippen LogP contribution is -2.41. The first-order valence-corrected chi connectivity index (χ1v) is 7.17. The molecule has 1 aliphatic rings. The molecule has 4 nitrogen and oxygen atoms in total. The summed E-state index contributed by atoms with van der Waals surface area (Å²) < 4.78 is 2.05. The van der Waals surface area contributed by atoms with E-state index in [9.17, 15) is 0 Å². The fourth-order valence-electron chi connectivity index (χ4n) is 2.78. The van der Waals surface area contributed by atoms with Crippen molar-refractivity contribution in [1.82, 2.24) is 20.2 Å². The van der Waals surface area contributed by atoms with E-state index in [2.05, 4.69) is 38.4 Å². The van der Waals surface area contributed by atoms with E-state index in [-0.39, 0.29) is 0 Å². The Kier molecular flexibility index (Phi) is 3.80. The zero-order valence-electron chi connectivity index (χ0n) is 11.5. The molecule has 0 saturated carbocycles. The number of nitrogens with zero attached hydrogens (tertiary/aromatic N) is 2. The summed E-state index contributed by atoms with van der Waals surface area (Å²) in [5.41, 5.74) is 3.58. The van der Waals surface area contributed by atoms with Crippen LogP contribution in [0, 0.1) is 0 Å². The molecule has 2 N–H and O–H groups in total. The summed E-state index contributed by atoms with van der Waals surface area (Å²) in [6.07, 6.45) is 5.85. The minimum absolute atomic E-state index is 0.646. The van der Waals surface area contributed by atoms with Crippen LogP contribution in [0.5, 0.6) is 0 Å². The number of rotatable bonds is 4. The first kappa shape index (κ1) is 12.6. The summed E-state index contributed by atoms with van der Waals surface area (Å²) in [6.45, 7) is 3.15. The minimum atomic E-state index is 0.646. The molecule has 0 aliphatic carbocycles. The van der Waals surface area contributed by atoms with Gasteiger partial charge in [0.25, 0.3) is 0 Å². The zero-order chi connectivity index (χ0) is 13.1. The van der Waals surface area contributed by atoms with Crippen molar-refractivity contribution in [2.75, 3.05) is 13.1 Å². The lowest BCUT2D eigenvalue weighted by Gasteiger charge is -2.23. The molecule has 1 aromatic carbocycles. The van der Waals surface area contributed by atoms with Crippen LogP contribution >= 0.6 is 0 Å². The van der Waals surface area contributed by atoms with E-state index >= 15 is 0 Å². The Labute approximate surface area is 114 Å². The number of fused-ring (bicyclic) bond motifs is 1. The number of aryl methyl sites for hydroxylation is 1. The number of imidazole rings is 1. The number of piperidine rings is 1. The maximum absolute atomic E-state index is 4.40. The molecule has 1 saturated heterocycles. The van der Waals surface area contributed by atoms with E-state index in [1.54, 1.807) is 0 Å². The molecule has 0 spiro atoms. The van der Waals surface area contributed by atoms with Crippen LogP contribution < -0.4 is 10.6 Å². The van der Waals surface area contributed by atoms with Gasteiger partial charge in [-0.25, -0.2) is 4.98 Å². The molecule has 1 aliphatic heterocycles. The third-order valence-electron chi connectivity index (χ3n) is 3.92. The third kappa shape index (κ3) is 2.96. The van der Waals surface area contributed by atoms with Gasteiger partial charge < -0.3 is 15.2 Å². The van der Waals surface area contributed by atoms with Crippen molar-refractivity contribution in [3.05, 3.63) is 30.1 Å². The molecule has 1 atom stereocenters. The van der Waals surface area contributed by atoms with Crippen molar-refractivity contribution in [2.24, 2.45) is 7.05 Å². The molecule has 4 heteroatoms. The second-order valence-electron chi connectivity index (χ2n) is 5.46. The first-order valence-electron chi connectivity index (χ1n) is 7.17. The summed E-state index contributed by atoms with van der Waals surface area (Å²) in [7, 11) is 2.03. The summed E-state index contributed by atoms with van der Waals surface area (Å²) in [5.74, 6) is 0. The molecule has 102 valence electrons. The molecule has 3 rings (SSSR count). The zero-order valence-corrected chi connectivity index (χ0v) is 11.5. The van der Waals surface area contributed by atoms with E-state index in [1.165, 1.54) is 36.9 Å². The van der Waals surface area contributed by atoms with Gasteiger partial charge in [-0.1, -0.05) is 12.5 Å². The number of benzene rings is 1. The van der Waals surface area contributed by atoms with Crippen molar-refractivity contribution < 1.29 is 0 Å². The predicted octanol–water partition coefficient (Wildman–Crippen LogP) is 1.80. The normalized spacial score (nSPS) is 19.9. The Balaban J connectivity index is 1.56. The van der Waals surface area contributed by atoms with E-state index < -0.39 is 0 Å². The van der Waals surface area contributed by atoms with Crippen molar-refractivity contribution in [2.45, 2.75) is 31.8 Å². The van der Waals surface area contributed by atoms with Crippen LogP contribution in [0.15, 0.2) is 24.5 Å². The van der Waals surface area contributed by atoms with E-state index in [0.29, 0.717) is 6.04 Å². The third-order valence-corrected chi connectivity index (χ3v) is 3.92. The van der Waals surface area contributed by atoms with Crippen molar-refractivity contribution in [1.29, 1.82) is 0 Å². The number of nitrogens with one attached hydrogen (secondary N) is 2. The molecule has 0 amide bonds. The van der Waals surface area contributed by atoms with Crippen molar-refractivity contribution in [3.63, 3.8) is 0 Å². The van der Waals surface area contributed by atoms with E-state index in [4.69, 9.17) is 0 Å². The van der Waals surface area contributed by atoms with Crippen LogP contribution in [0.4, 0.5) is 0 Å². The van der Waals surface area contributed by atoms with E-state index in [1.807, 2.05) is 13.4 Å². The Morgan fingerprint density at radius 2 is 2.37 bits per heavy atom. The predicted molar refractivity (Wildman–Crippen MR) is 78.1 cm³/mol. The van der Waals surface area contributed by atoms with Gasteiger partial charge in [0.1, 0.15) is 0 Å². The molecule has 19 heavy (non-hydrogen) atoms. The molecule has 1 unspecified atom stereocenters. The van der Waals surface area contributed by atoms with Crippen molar-refractivity contribution >= 4 is 11.0 Å². The van der Waals surface area contributed by atoms with Gasteiger partial charge in [-0.2, -0.15) is 0 Å². The fraction of sp³-hybridized carbons (Fsp3) is 0.533. The van der Waals surface area contributed by atoms with Gasteiger partial charge in [0.05, 0.1) is 17.4 Å². The van der Waals surface area contributed by atoms with Gasteiger partial charge in [-0.15, -0.1) is 0 Å². The molecule has 0 bridgehead atoms. The summed E-state index contributed by atoms with van der Waals surface area (Å²) in [4.78, 5) is 4.40. The standard InChI is InChI=1S/C15H22N4/c1-19-11-18-14-8-12(5-6-15(14)19)9-16-10-13-4-2-3-7-17-13/h5-6,8,11,13,16-17H,2-4,7,9-10H2,1H3. The first-order chi connectivity index (χ1) is 9.33. The largest absolute Gasteiger partial charge is 0.334 e. The molecule has 1 fully saturated rings. The maximum atomic E-state index is 4.40. The molecule has 1 aromatic heterocycles. The van der Waals surface area contributed by atoms with Crippen LogP contribution in [0.1, 0.15) is 24.8 Å². The number of hydrogen-bond donors (Lipinski definition) is 2. The Morgan fingerprint density at radius 1 is 1.42 bits per heavy atom. The Hall–Kier alpha value is -1.39. The molecule has 2 aromatic rings. The van der Waals surface area contributed by atoms with Gasteiger partial charge in [0.2, 0.25) is 0 Å². The summed E-state index contributed by atoms with van der Waals surface area (Å²) >= 11 is 0. The molecule has 2 heterocycles. The highest BCUT2D eigenvalue weighted by Crippen LogP contribution is 2.13. The smallest absolute Gasteiger partial charge is 0.0955 e. The number of aromatic nitrogens is 2. The van der Waals surface area contributed by atoms with Gasteiger partial charge >= 0.3 is 0 Å². The van der Waals surface area contributed by atoms with Gasteiger partial charge in [0.15, 0.2) is 0 Å². The SMILES string of the molecule is Cn1cnc2cc(CNCC3CCCCN3)ccc21. The van der Waals surface area contributed by atoms with Crippen LogP contribution in [-0.2, 0) is 13.6 Å². The highest BCUT2D eigenvalue weighted by atomic mass is 15.0. The minimum Gasteiger partial charge on any atom is -0.334 e. The quantitative estimate of drug-likeness (QED) is 0.879. The fourth-order valence-corrected chi connectivity index (χ4v) is 2.78.